The fourth-order valence-corrected chi connectivity index (χ4v) is 4.95. The van der Waals surface area contributed by atoms with Crippen LogP contribution >= 0.6 is 0 Å². The summed E-state index contributed by atoms with van der Waals surface area (Å²) in [7, 11) is 0. The van der Waals surface area contributed by atoms with Crippen molar-refractivity contribution in [2.24, 2.45) is 0 Å². The fourth-order valence-electron chi connectivity index (χ4n) is 4.95. The third-order valence-corrected chi connectivity index (χ3v) is 6.57. The summed E-state index contributed by atoms with van der Waals surface area (Å²) in [5, 5.41) is 11.5. The number of fused-ring (bicyclic) bond motifs is 1. The zero-order valence-corrected chi connectivity index (χ0v) is 19.9. The monoisotopic (exact) mass is 464 g/mol. The highest BCUT2D eigenvalue weighted by Gasteiger charge is 2.53. The Balaban J connectivity index is 1.83. The van der Waals surface area contributed by atoms with Gasteiger partial charge in [0.1, 0.15) is 5.75 Å². The van der Waals surface area contributed by atoms with Crippen LogP contribution in [0.3, 0.4) is 0 Å². The highest BCUT2D eigenvalue weighted by atomic mass is 16.6. The maximum Gasteiger partial charge on any atom is 0.341 e. The van der Waals surface area contributed by atoms with Gasteiger partial charge in [-0.05, 0) is 56.3 Å². The summed E-state index contributed by atoms with van der Waals surface area (Å²) in [5.74, 6) is -0.361. The van der Waals surface area contributed by atoms with Gasteiger partial charge < -0.3 is 14.7 Å². The van der Waals surface area contributed by atoms with E-state index in [2.05, 4.69) is 18.7 Å². The Morgan fingerprint density at radius 2 is 1.29 bits per heavy atom. The largest absolute Gasteiger partial charge is 0.507 e. The highest BCUT2D eigenvalue weighted by Crippen LogP contribution is 2.52. The van der Waals surface area contributed by atoms with E-state index in [0.717, 1.165) is 30.2 Å². The lowest BCUT2D eigenvalue weighted by molar-refractivity contribution is 0.0126. The lowest BCUT2D eigenvalue weighted by Crippen LogP contribution is -2.45. The number of phenols is 1. The zero-order valence-electron chi connectivity index (χ0n) is 19.9. The maximum absolute atomic E-state index is 13.3. The number of para-hydroxylation sites is 2. The number of ether oxygens (including phenoxy) is 1. The number of rotatable bonds is 7. The number of carbonyl (C=O) groups excluding carboxylic acids is 1. The van der Waals surface area contributed by atoms with E-state index < -0.39 is 11.7 Å². The Labute approximate surface area is 205 Å². The molecule has 0 spiro atoms. The summed E-state index contributed by atoms with van der Waals surface area (Å²) in [6.07, 6.45) is 0. The number of aromatic hydroxyl groups is 1. The van der Waals surface area contributed by atoms with Crippen molar-refractivity contribution in [3.05, 3.63) is 120 Å². The van der Waals surface area contributed by atoms with Gasteiger partial charge in [0.2, 0.25) is 5.72 Å². The second kappa shape index (κ2) is 9.18. The van der Waals surface area contributed by atoms with Gasteiger partial charge in [-0.2, -0.15) is 0 Å². The quantitative estimate of drug-likeness (QED) is 0.319. The first-order valence-electron chi connectivity index (χ1n) is 11.9. The van der Waals surface area contributed by atoms with Crippen LogP contribution in [0.2, 0.25) is 0 Å². The van der Waals surface area contributed by atoms with Crippen LogP contribution < -0.4 is 9.80 Å². The van der Waals surface area contributed by atoms with Crippen molar-refractivity contribution in [1.82, 2.24) is 0 Å². The molecule has 5 nitrogen and oxygen atoms in total. The van der Waals surface area contributed by atoms with Crippen molar-refractivity contribution in [2.75, 3.05) is 22.9 Å². The van der Waals surface area contributed by atoms with Gasteiger partial charge in [0.15, 0.2) is 0 Å². The van der Waals surface area contributed by atoms with E-state index >= 15 is 0 Å². The van der Waals surface area contributed by atoms with Gasteiger partial charge in [0.25, 0.3) is 0 Å². The molecule has 5 heteroatoms. The molecule has 0 radical (unpaired) electrons. The van der Waals surface area contributed by atoms with Crippen molar-refractivity contribution in [3.63, 3.8) is 0 Å². The molecule has 0 amide bonds. The molecule has 4 aromatic carbocycles. The molecule has 1 atom stereocenters. The van der Waals surface area contributed by atoms with E-state index in [9.17, 15) is 9.90 Å². The number of esters is 1. The molecule has 1 unspecified atom stereocenters. The van der Waals surface area contributed by atoms with Gasteiger partial charge in [0, 0.05) is 41.8 Å². The van der Waals surface area contributed by atoms with Crippen LogP contribution in [0.25, 0.3) is 0 Å². The molecule has 0 aromatic heterocycles. The van der Waals surface area contributed by atoms with Crippen LogP contribution in [0, 0.1) is 0 Å². The zero-order chi connectivity index (χ0) is 24.4. The van der Waals surface area contributed by atoms with Crippen molar-refractivity contribution in [1.29, 1.82) is 0 Å². The lowest BCUT2D eigenvalue weighted by Gasteiger charge is -2.42. The first kappa shape index (κ1) is 22.5. The molecule has 176 valence electrons. The van der Waals surface area contributed by atoms with Gasteiger partial charge >= 0.3 is 5.97 Å². The van der Waals surface area contributed by atoms with Gasteiger partial charge in [-0.25, -0.2) is 4.79 Å². The van der Waals surface area contributed by atoms with Crippen LogP contribution in [0.4, 0.5) is 17.1 Å². The smallest absolute Gasteiger partial charge is 0.341 e. The second-order valence-corrected chi connectivity index (χ2v) is 8.46. The van der Waals surface area contributed by atoms with Crippen LogP contribution in [0.1, 0.15) is 35.3 Å². The van der Waals surface area contributed by atoms with E-state index in [-0.39, 0.29) is 5.75 Å². The molecule has 5 rings (SSSR count). The van der Waals surface area contributed by atoms with E-state index in [4.69, 9.17) is 4.74 Å². The van der Waals surface area contributed by atoms with E-state index in [1.807, 2.05) is 95.9 Å². The van der Waals surface area contributed by atoms with Crippen LogP contribution in [-0.2, 0) is 10.5 Å². The topological polar surface area (TPSA) is 53.0 Å². The molecule has 0 saturated carbocycles. The number of hydrogen-bond acceptors (Lipinski definition) is 5. The number of hydrogen-bond donors (Lipinski definition) is 1. The molecule has 1 heterocycles. The van der Waals surface area contributed by atoms with E-state index in [1.54, 1.807) is 12.1 Å². The van der Waals surface area contributed by atoms with Crippen LogP contribution in [0.15, 0.2) is 103 Å². The second-order valence-electron chi connectivity index (χ2n) is 8.46. The van der Waals surface area contributed by atoms with Gasteiger partial charge in [-0.3, -0.25) is 4.90 Å². The SMILES string of the molecule is CCN(CC)c1ccc(C2(N(c3ccccc3)c3ccccc3)OC(=O)c3ccccc32)c(O)c1. The molecule has 0 bridgehead atoms. The predicted octanol–water partition coefficient (Wildman–Crippen LogP) is 6.45. The minimum Gasteiger partial charge on any atom is -0.507 e. The molecule has 0 aliphatic carbocycles. The normalized spacial score (nSPS) is 16.5. The first-order valence-corrected chi connectivity index (χ1v) is 11.9. The summed E-state index contributed by atoms with van der Waals surface area (Å²) < 4.78 is 6.32. The van der Waals surface area contributed by atoms with Crippen molar-refractivity contribution >= 4 is 23.0 Å². The van der Waals surface area contributed by atoms with Crippen molar-refractivity contribution in [2.45, 2.75) is 19.6 Å². The number of phenolic OH excluding ortho intramolecular Hbond substituents is 1. The molecular weight excluding hydrogens is 436 g/mol. The number of cyclic esters (lactones) is 1. The summed E-state index contributed by atoms with van der Waals surface area (Å²) in [5.41, 5.74) is 2.84. The number of carbonyl (C=O) groups is 1. The molecule has 0 saturated heterocycles. The molecule has 4 aromatic rings. The number of nitrogens with zero attached hydrogens (tertiary/aromatic N) is 2. The standard InChI is InChI=1S/C30H28N2O3/c1-3-31(4-2)24-19-20-27(28(33)21-24)30(26-18-12-11-17-25(26)29(34)35-30)32(22-13-7-5-8-14-22)23-15-9-6-10-16-23/h5-21,33H,3-4H2,1-2H3. The Morgan fingerprint density at radius 3 is 1.86 bits per heavy atom. The lowest BCUT2D eigenvalue weighted by atomic mass is 9.89. The van der Waals surface area contributed by atoms with Gasteiger partial charge in [-0.1, -0.05) is 54.6 Å². The molecular formula is C30H28N2O3. The summed E-state index contributed by atoms with van der Waals surface area (Å²) in [6.45, 7) is 5.80. The Bertz CT molecular complexity index is 1300. The third-order valence-electron chi connectivity index (χ3n) is 6.57. The average Bonchev–Trinajstić information content (AvgIpc) is 3.19. The Hall–Kier alpha value is -4.25. The highest BCUT2D eigenvalue weighted by molar-refractivity contribution is 5.97. The Morgan fingerprint density at radius 1 is 0.714 bits per heavy atom. The van der Waals surface area contributed by atoms with Gasteiger partial charge in [-0.15, -0.1) is 0 Å². The first-order chi connectivity index (χ1) is 17.1. The summed E-state index contributed by atoms with van der Waals surface area (Å²) >= 11 is 0. The molecule has 1 aliphatic rings. The predicted molar refractivity (Wildman–Crippen MR) is 139 cm³/mol. The summed E-state index contributed by atoms with van der Waals surface area (Å²) in [4.78, 5) is 17.4. The van der Waals surface area contributed by atoms with Gasteiger partial charge in [0.05, 0.1) is 11.1 Å². The molecule has 0 fully saturated rings. The molecule has 1 N–H and O–H groups in total. The van der Waals surface area contributed by atoms with Crippen LogP contribution in [-0.4, -0.2) is 24.2 Å². The van der Waals surface area contributed by atoms with Crippen molar-refractivity contribution in [3.8, 4) is 5.75 Å². The van der Waals surface area contributed by atoms with Crippen LogP contribution in [0.5, 0.6) is 5.75 Å². The summed E-state index contributed by atoms with van der Waals surface area (Å²) in [6, 6.07) is 32.6. The molecule has 35 heavy (non-hydrogen) atoms. The Kier molecular flexibility index (Phi) is 5.91. The van der Waals surface area contributed by atoms with E-state index in [0.29, 0.717) is 16.7 Å². The maximum atomic E-state index is 13.3. The minimum atomic E-state index is -1.40. The number of anilines is 3. The number of benzene rings is 4. The average molecular weight is 465 g/mol. The molecule has 1 aliphatic heterocycles. The minimum absolute atomic E-state index is 0.0655. The fraction of sp³-hybridized carbons (Fsp3) is 0.167. The van der Waals surface area contributed by atoms with Crippen molar-refractivity contribution < 1.29 is 14.6 Å². The third kappa shape index (κ3) is 3.69. The van der Waals surface area contributed by atoms with E-state index in [1.165, 1.54) is 0 Å².